The second-order valence-electron chi connectivity index (χ2n) is 7.11. The Morgan fingerprint density at radius 3 is 2.54 bits per heavy atom. The van der Waals surface area contributed by atoms with E-state index in [1.807, 2.05) is 24.3 Å². The summed E-state index contributed by atoms with van der Waals surface area (Å²) in [6.45, 7) is 2.85. The minimum Gasteiger partial charge on any atom is -0.494 e. The van der Waals surface area contributed by atoms with Crippen LogP contribution in [0.1, 0.15) is 53.9 Å². The molecule has 0 aliphatic carbocycles. The molecule has 28 heavy (non-hydrogen) atoms. The van der Waals surface area contributed by atoms with Crippen molar-refractivity contribution in [2.45, 2.75) is 32.2 Å². The van der Waals surface area contributed by atoms with Crippen molar-refractivity contribution in [3.05, 3.63) is 75.6 Å². The summed E-state index contributed by atoms with van der Waals surface area (Å²) in [6.07, 6.45) is 3.33. The molecule has 0 saturated heterocycles. The molecule has 144 valence electrons. The molecule has 0 radical (unpaired) electrons. The van der Waals surface area contributed by atoms with Crippen LogP contribution in [0.4, 0.5) is 0 Å². The van der Waals surface area contributed by atoms with E-state index in [2.05, 4.69) is 6.92 Å². The van der Waals surface area contributed by atoms with Gasteiger partial charge in [0.25, 0.3) is 5.91 Å². The Kier molecular flexibility index (Phi) is 4.90. The van der Waals surface area contributed by atoms with Gasteiger partial charge in [-0.15, -0.1) is 0 Å². The fourth-order valence-corrected chi connectivity index (χ4v) is 3.71. The number of hydrogen-bond acceptors (Lipinski definition) is 4. The molecule has 1 aliphatic heterocycles. The summed E-state index contributed by atoms with van der Waals surface area (Å²) in [5.41, 5.74) is 1.55. The quantitative estimate of drug-likeness (QED) is 0.592. The monoisotopic (exact) mass is 377 g/mol. The molecule has 0 bridgehead atoms. The van der Waals surface area contributed by atoms with E-state index in [1.165, 1.54) is 0 Å². The number of nitrogens with zero attached hydrogens (tertiary/aromatic N) is 1. The van der Waals surface area contributed by atoms with Gasteiger partial charge >= 0.3 is 0 Å². The van der Waals surface area contributed by atoms with Crippen LogP contribution in [0.3, 0.4) is 0 Å². The molecule has 1 unspecified atom stereocenters. The van der Waals surface area contributed by atoms with E-state index in [4.69, 9.17) is 9.15 Å². The maximum absolute atomic E-state index is 13.1. The first-order valence-corrected chi connectivity index (χ1v) is 9.67. The summed E-state index contributed by atoms with van der Waals surface area (Å²) in [6, 6.07) is 14.2. The lowest BCUT2D eigenvalue weighted by Crippen LogP contribution is -2.25. The summed E-state index contributed by atoms with van der Waals surface area (Å²) in [7, 11) is 1.70. The van der Waals surface area contributed by atoms with Gasteiger partial charge in [0.15, 0.2) is 5.43 Å². The highest BCUT2D eigenvalue weighted by atomic mass is 16.5. The molecular formula is C23H23NO4. The van der Waals surface area contributed by atoms with Gasteiger partial charge in [-0.05, 0) is 36.2 Å². The number of ether oxygens (including phenoxy) is 1. The van der Waals surface area contributed by atoms with E-state index in [1.54, 1.807) is 36.2 Å². The average molecular weight is 377 g/mol. The predicted molar refractivity (Wildman–Crippen MR) is 108 cm³/mol. The van der Waals surface area contributed by atoms with E-state index in [0.717, 1.165) is 30.6 Å². The van der Waals surface area contributed by atoms with Crippen LogP contribution >= 0.6 is 0 Å². The van der Waals surface area contributed by atoms with Crippen molar-refractivity contribution in [2.75, 3.05) is 13.7 Å². The summed E-state index contributed by atoms with van der Waals surface area (Å²) in [5.74, 6) is 0.649. The molecule has 2 aromatic carbocycles. The van der Waals surface area contributed by atoms with Gasteiger partial charge in [0.2, 0.25) is 5.76 Å². The molecule has 0 spiro atoms. The number of fused-ring (bicyclic) bond motifs is 2. The number of amides is 1. The number of carbonyl (C=O) groups is 1. The van der Waals surface area contributed by atoms with Crippen LogP contribution in [0.2, 0.25) is 0 Å². The fourth-order valence-electron chi connectivity index (χ4n) is 3.71. The van der Waals surface area contributed by atoms with E-state index in [-0.39, 0.29) is 17.1 Å². The van der Waals surface area contributed by atoms with Crippen molar-refractivity contribution < 1.29 is 13.9 Å². The number of para-hydroxylation sites is 1. The first-order valence-electron chi connectivity index (χ1n) is 9.67. The second kappa shape index (κ2) is 7.50. The zero-order valence-corrected chi connectivity index (χ0v) is 16.1. The van der Waals surface area contributed by atoms with Crippen molar-refractivity contribution in [3.8, 4) is 5.75 Å². The molecule has 2 heterocycles. The van der Waals surface area contributed by atoms with E-state index in [9.17, 15) is 9.59 Å². The van der Waals surface area contributed by atoms with E-state index < -0.39 is 6.04 Å². The van der Waals surface area contributed by atoms with Crippen molar-refractivity contribution in [1.29, 1.82) is 0 Å². The van der Waals surface area contributed by atoms with Gasteiger partial charge in [0.05, 0.1) is 23.6 Å². The summed E-state index contributed by atoms with van der Waals surface area (Å²) >= 11 is 0. The number of carbonyl (C=O) groups excluding carboxylic acids is 1. The largest absolute Gasteiger partial charge is 0.494 e. The van der Waals surface area contributed by atoms with Gasteiger partial charge in [-0.2, -0.15) is 0 Å². The van der Waals surface area contributed by atoms with Gasteiger partial charge in [-0.1, -0.05) is 44.0 Å². The van der Waals surface area contributed by atoms with E-state index in [0.29, 0.717) is 23.1 Å². The topological polar surface area (TPSA) is 59.8 Å². The molecule has 0 N–H and O–H groups in total. The number of unbranched alkanes of at least 4 members (excludes halogenated alkanes) is 2. The molecule has 5 heteroatoms. The summed E-state index contributed by atoms with van der Waals surface area (Å²) < 4.78 is 11.6. The average Bonchev–Trinajstić information content (AvgIpc) is 2.97. The standard InChI is InChI=1S/C23H23NO4/c1-3-4-7-14-27-16-12-10-15(11-13-16)20-19-21(25)17-8-5-6-9-18(17)28-22(19)23(26)24(20)2/h5-6,8-13,20H,3-4,7,14H2,1-2H3. The smallest absolute Gasteiger partial charge is 0.290 e. The van der Waals surface area contributed by atoms with Crippen molar-refractivity contribution in [3.63, 3.8) is 0 Å². The third kappa shape index (κ3) is 3.07. The maximum Gasteiger partial charge on any atom is 0.290 e. The molecule has 1 atom stereocenters. The fraction of sp³-hybridized carbons (Fsp3) is 0.304. The van der Waals surface area contributed by atoms with Gasteiger partial charge in [0.1, 0.15) is 11.3 Å². The second-order valence-corrected chi connectivity index (χ2v) is 7.11. The number of benzene rings is 2. The Morgan fingerprint density at radius 1 is 1.04 bits per heavy atom. The molecule has 4 rings (SSSR count). The zero-order valence-electron chi connectivity index (χ0n) is 16.1. The Balaban J connectivity index is 1.69. The van der Waals surface area contributed by atoms with Crippen LogP contribution in [0.15, 0.2) is 57.7 Å². The van der Waals surface area contributed by atoms with Crippen LogP contribution in [-0.2, 0) is 0 Å². The molecule has 1 aromatic heterocycles. The highest BCUT2D eigenvalue weighted by molar-refractivity contribution is 5.98. The molecule has 0 saturated carbocycles. The number of hydrogen-bond donors (Lipinski definition) is 0. The first kappa shape index (κ1) is 18.3. The van der Waals surface area contributed by atoms with Crippen molar-refractivity contribution in [2.24, 2.45) is 0 Å². The first-order chi connectivity index (χ1) is 13.6. The lowest BCUT2D eigenvalue weighted by Gasteiger charge is -2.20. The highest BCUT2D eigenvalue weighted by Gasteiger charge is 2.40. The van der Waals surface area contributed by atoms with Crippen LogP contribution < -0.4 is 10.2 Å². The minimum absolute atomic E-state index is 0.135. The summed E-state index contributed by atoms with van der Waals surface area (Å²) in [5, 5.41) is 0.491. The number of rotatable bonds is 6. The zero-order chi connectivity index (χ0) is 19.7. The van der Waals surface area contributed by atoms with Crippen molar-refractivity contribution in [1.82, 2.24) is 4.90 Å². The maximum atomic E-state index is 13.1. The van der Waals surface area contributed by atoms with Gasteiger partial charge in [-0.3, -0.25) is 9.59 Å². The molecular weight excluding hydrogens is 354 g/mol. The van der Waals surface area contributed by atoms with Crippen LogP contribution in [0.25, 0.3) is 11.0 Å². The third-order valence-corrected chi connectivity index (χ3v) is 5.22. The molecule has 0 fully saturated rings. The van der Waals surface area contributed by atoms with E-state index >= 15 is 0 Å². The Labute approximate surface area is 163 Å². The Bertz CT molecular complexity index is 1070. The van der Waals surface area contributed by atoms with Gasteiger partial charge in [-0.25, -0.2) is 0 Å². The lowest BCUT2D eigenvalue weighted by molar-refractivity contribution is 0.0771. The van der Waals surface area contributed by atoms with Crippen molar-refractivity contribution >= 4 is 16.9 Å². The van der Waals surface area contributed by atoms with Gasteiger partial charge in [0, 0.05) is 7.05 Å². The van der Waals surface area contributed by atoms with Crippen LogP contribution in [0.5, 0.6) is 5.75 Å². The Morgan fingerprint density at radius 2 is 1.79 bits per heavy atom. The normalized spacial score (nSPS) is 15.9. The minimum atomic E-state index is -0.461. The third-order valence-electron chi connectivity index (χ3n) is 5.22. The Hall–Kier alpha value is -3.08. The summed E-state index contributed by atoms with van der Waals surface area (Å²) in [4.78, 5) is 27.4. The SMILES string of the molecule is CCCCCOc1ccc(C2c3c(oc4ccccc4c3=O)C(=O)N2C)cc1. The molecule has 5 nitrogen and oxygen atoms in total. The molecule has 1 amide bonds. The molecule has 1 aliphatic rings. The predicted octanol–water partition coefficient (Wildman–Crippen LogP) is 4.54. The van der Waals surface area contributed by atoms with Crippen LogP contribution in [0, 0.1) is 0 Å². The lowest BCUT2D eigenvalue weighted by atomic mass is 9.99. The van der Waals surface area contributed by atoms with Gasteiger partial charge < -0.3 is 14.1 Å². The molecule has 3 aromatic rings. The van der Waals surface area contributed by atoms with Crippen LogP contribution in [-0.4, -0.2) is 24.5 Å². The highest BCUT2D eigenvalue weighted by Crippen LogP contribution is 2.37.